The van der Waals surface area contributed by atoms with E-state index in [2.05, 4.69) is 11.0 Å². The van der Waals surface area contributed by atoms with Crippen LogP contribution in [0.3, 0.4) is 0 Å². The molecule has 0 radical (unpaired) electrons. The van der Waals surface area contributed by atoms with E-state index < -0.39 is 0 Å². The number of hydrogen-bond donors (Lipinski definition) is 0. The number of nitrogens with zero attached hydrogens (tertiary/aromatic N) is 2. The Labute approximate surface area is 194 Å². The quantitative estimate of drug-likeness (QED) is 0.604. The number of likely N-dealkylation sites (tertiary alicyclic amines) is 1. The van der Waals surface area contributed by atoms with Crippen LogP contribution in [0.2, 0.25) is 10.0 Å². The molecule has 0 saturated carbocycles. The van der Waals surface area contributed by atoms with Gasteiger partial charge in [0.15, 0.2) is 0 Å². The molecule has 2 aliphatic heterocycles. The standard InChI is InChI=1S/C23H26Cl2N2O2.ClH/c1-29-21-6-4-5-17-9-12-27(20(23(17)21)15-26-10-2-3-11-26)22(28)14-16-7-8-18(24)19(25)13-16;/h4-8,13,20H,2-3,9-12,14-15H2,1H3;1H. The highest BCUT2D eigenvalue weighted by Crippen LogP contribution is 2.38. The minimum atomic E-state index is 0. The molecule has 1 amide bonds. The van der Waals surface area contributed by atoms with Crippen molar-refractivity contribution in [2.75, 3.05) is 33.3 Å². The SMILES string of the molecule is COc1cccc2c1C(CN1CCCC1)N(C(=O)Cc1ccc(Cl)c(Cl)c1)CC2.Cl. The molecular weight excluding hydrogens is 443 g/mol. The van der Waals surface area contributed by atoms with Crippen LogP contribution in [0.15, 0.2) is 36.4 Å². The highest BCUT2D eigenvalue weighted by molar-refractivity contribution is 6.42. The van der Waals surface area contributed by atoms with E-state index in [9.17, 15) is 4.79 Å². The fourth-order valence-corrected chi connectivity index (χ4v) is 4.86. The number of carbonyl (C=O) groups excluding carboxylic acids is 1. The predicted molar refractivity (Wildman–Crippen MR) is 124 cm³/mol. The Balaban J connectivity index is 0.00000256. The average Bonchev–Trinajstić information content (AvgIpc) is 3.23. The predicted octanol–water partition coefficient (Wildman–Crippen LogP) is 5.19. The second-order valence-corrected chi connectivity index (χ2v) is 8.63. The van der Waals surface area contributed by atoms with E-state index in [0.717, 1.165) is 49.5 Å². The second-order valence-electron chi connectivity index (χ2n) is 7.82. The van der Waals surface area contributed by atoms with Gasteiger partial charge in [0, 0.05) is 18.7 Å². The van der Waals surface area contributed by atoms with E-state index >= 15 is 0 Å². The Morgan fingerprint density at radius 1 is 1.10 bits per heavy atom. The van der Waals surface area contributed by atoms with E-state index in [4.69, 9.17) is 27.9 Å². The number of halogens is 3. The maximum atomic E-state index is 13.3. The lowest BCUT2D eigenvalue weighted by molar-refractivity contribution is -0.133. The van der Waals surface area contributed by atoms with Gasteiger partial charge in [0.1, 0.15) is 5.75 Å². The minimum absolute atomic E-state index is 0. The summed E-state index contributed by atoms with van der Waals surface area (Å²) in [7, 11) is 1.71. The van der Waals surface area contributed by atoms with Crippen molar-refractivity contribution in [3.63, 3.8) is 0 Å². The molecule has 7 heteroatoms. The third kappa shape index (κ3) is 4.88. The summed E-state index contributed by atoms with van der Waals surface area (Å²) in [6.07, 6.45) is 3.61. The van der Waals surface area contributed by atoms with Crippen molar-refractivity contribution in [1.82, 2.24) is 9.80 Å². The molecule has 162 valence electrons. The zero-order valence-corrected chi connectivity index (χ0v) is 19.4. The summed E-state index contributed by atoms with van der Waals surface area (Å²) >= 11 is 12.2. The van der Waals surface area contributed by atoms with Crippen molar-refractivity contribution in [2.45, 2.75) is 31.7 Å². The minimum Gasteiger partial charge on any atom is -0.496 e. The van der Waals surface area contributed by atoms with E-state index in [1.807, 2.05) is 23.1 Å². The van der Waals surface area contributed by atoms with Gasteiger partial charge in [-0.2, -0.15) is 0 Å². The van der Waals surface area contributed by atoms with Gasteiger partial charge in [-0.1, -0.05) is 41.4 Å². The van der Waals surface area contributed by atoms with Gasteiger partial charge in [-0.05, 0) is 61.7 Å². The lowest BCUT2D eigenvalue weighted by atomic mass is 9.90. The van der Waals surface area contributed by atoms with E-state index in [1.165, 1.54) is 18.4 Å². The van der Waals surface area contributed by atoms with Crippen LogP contribution in [0.25, 0.3) is 0 Å². The number of hydrogen-bond acceptors (Lipinski definition) is 3. The van der Waals surface area contributed by atoms with Gasteiger partial charge in [0.25, 0.3) is 0 Å². The van der Waals surface area contributed by atoms with Gasteiger partial charge >= 0.3 is 0 Å². The molecule has 2 aromatic carbocycles. The van der Waals surface area contributed by atoms with Gasteiger partial charge in [0.05, 0.1) is 29.6 Å². The maximum absolute atomic E-state index is 13.3. The fraction of sp³-hybridized carbons (Fsp3) is 0.435. The lowest BCUT2D eigenvalue weighted by Gasteiger charge is -2.40. The molecule has 0 aromatic heterocycles. The fourth-order valence-electron chi connectivity index (χ4n) is 4.54. The van der Waals surface area contributed by atoms with Crippen LogP contribution >= 0.6 is 35.6 Å². The molecule has 0 spiro atoms. The zero-order valence-electron chi connectivity index (χ0n) is 17.1. The van der Waals surface area contributed by atoms with Gasteiger partial charge in [-0.3, -0.25) is 4.79 Å². The summed E-state index contributed by atoms with van der Waals surface area (Å²) in [5.74, 6) is 0.989. The van der Waals surface area contributed by atoms with E-state index in [0.29, 0.717) is 16.5 Å². The number of benzene rings is 2. The lowest BCUT2D eigenvalue weighted by Crippen LogP contribution is -2.45. The zero-order chi connectivity index (χ0) is 20.4. The Morgan fingerprint density at radius 2 is 1.87 bits per heavy atom. The van der Waals surface area contributed by atoms with Crippen LogP contribution in [0, 0.1) is 0 Å². The van der Waals surface area contributed by atoms with E-state index in [1.54, 1.807) is 19.2 Å². The summed E-state index contributed by atoms with van der Waals surface area (Å²) in [5, 5.41) is 0.989. The van der Waals surface area contributed by atoms with Gasteiger partial charge < -0.3 is 14.5 Å². The third-order valence-corrected chi connectivity index (χ3v) is 6.74. The first kappa shape index (κ1) is 23.2. The van der Waals surface area contributed by atoms with Crippen LogP contribution in [-0.2, 0) is 17.6 Å². The average molecular weight is 470 g/mol. The molecule has 0 aliphatic carbocycles. The van der Waals surface area contributed by atoms with E-state index in [-0.39, 0.29) is 24.4 Å². The Kier molecular flexibility index (Phi) is 7.92. The first-order chi connectivity index (χ1) is 14.1. The van der Waals surface area contributed by atoms with Crippen LogP contribution in [0.5, 0.6) is 5.75 Å². The monoisotopic (exact) mass is 468 g/mol. The highest BCUT2D eigenvalue weighted by atomic mass is 35.5. The van der Waals surface area contributed by atoms with Crippen molar-refractivity contribution in [3.8, 4) is 5.75 Å². The summed E-state index contributed by atoms with van der Waals surface area (Å²) in [4.78, 5) is 17.8. The Hall–Kier alpha value is -1.46. The Morgan fingerprint density at radius 3 is 2.57 bits per heavy atom. The number of amides is 1. The smallest absolute Gasteiger partial charge is 0.227 e. The second kappa shape index (κ2) is 10.2. The van der Waals surface area contributed by atoms with Crippen LogP contribution in [0.1, 0.15) is 35.6 Å². The topological polar surface area (TPSA) is 32.8 Å². The first-order valence-electron chi connectivity index (χ1n) is 10.2. The molecule has 2 aliphatic rings. The molecule has 1 saturated heterocycles. The largest absolute Gasteiger partial charge is 0.496 e. The summed E-state index contributed by atoms with van der Waals surface area (Å²) in [5.41, 5.74) is 3.33. The van der Waals surface area contributed by atoms with Crippen molar-refractivity contribution in [3.05, 3.63) is 63.1 Å². The molecular formula is C23H27Cl3N2O2. The number of carbonyl (C=O) groups is 1. The van der Waals surface area contributed by atoms with Crippen LogP contribution < -0.4 is 4.74 Å². The van der Waals surface area contributed by atoms with Crippen LogP contribution in [-0.4, -0.2) is 49.0 Å². The summed E-state index contributed by atoms with van der Waals surface area (Å²) in [6, 6.07) is 11.6. The van der Waals surface area contributed by atoms with Crippen molar-refractivity contribution in [1.29, 1.82) is 0 Å². The number of methoxy groups -OCH3 is 1. The van der Waals surface area contributed by atoms with Crippen LogP contribution in [0.4, 0.5) is 0 Å². The number of fused-ring (bicyclic) bond motifs is 1. The maximum Gasteiger partial charge on any atom is 0.227 e. The first-order valence-corrected chi connectivity index (χ1v) is 10.9. The van der Waals surface area contributed by atoms with Gasteiger partial charge in [-0.15, -0.1) is 12.4 Å². The molecule has 1 atom stereocenters. The molecule has 30 heavy (non-hydrogen) atoms. The third-order valence-electron chi connectivity index (χ3n) is 6.00. The normalized spacial score (nSPS) is 18.6. The van der Waals surface area contributed by atoms with Gasteiger partial charge in [-0.25, -0.2) is 0 Å². The molecule has 4 nitrogen and oxygen atoms in total. The highest BCUT2D eigenvalue weighted by Gasteiger charge is 2.34. The molecule has 0 bridgehead atoms. The summed E-state index contributed by atoms with van der Waals surface area (Å²) < 4.78 is 5.69. The molecule has 2 heterocycles. The number of ether oxygens (including phenoxy) is 1. The van der Waals surface area contributed by atoms with Crippen molar-refractivity contribution < 1.29 is 9.53 Å². The van der Waals surface area contributed by atoms with Crippen molar-refractivity contribution >= 4 is 41.5 Å². The van der Waals surface area contributed by atoms with Crippen molar-refractivity contribution in [2.24, 2.45) is 0 Å². The summed E-state index contributed by atoms with van der Waals surface area (Å²) in [6.45, 7) is 3.75. The Bertz CT molecular complexity index is 886. The molecule has 2 aromatic rings. The molecule has 4 rings (SSSR count). The molecule has 1 unspecified atom stereocenters. The number of rotatable bonds is 5. The van der Waals surface area contributed by atoms with Gasteiger partial charge in [0.2, 0.25) is 5.91 Å². The molecule has 1 fully saturated rings. The molecule has 0 N–H and O–H groups in total.